The van der Waals surface area contributed by atoms with Crippen molar-refractivity contribution < 1.29 is 14.9 Å². The number of aryl methyl sites for hydroxylation is 1. The van der Waals surface area contributed by atoms with E-state index in [-0.39, 0.29) is 23.8 Å². The molecule has 4 rings (SSSR count). The molecule has 1 atom stereocenters. The summed E-state index contributed by atoms with van der Waals surface area (Å²) in [5, 5.41) is 5.19. The summed E-state index contributed by atoms with van der Waals surface area (Å²) in [6.45, 7) is 4.31. The standard InChI is InChI=1S/C24H29N3O2/c1-2-17-7-9-21(10-8-17)26-23(28)18-11-13-27(14-12-18)24(29)22-15-19-5-3-4-6-20(19)16-25-22/h3-10,18,22,25H,2,11-16H2,1H3,(H,26,28)/p+1/t22-/m0/s1. The van der Waals surface area contributed by atoms with Crippen molar-refractivity contribution in [3.63, 3.8) is 0 Å². The van der Waals surface area contributed by atoms with E-state index in [1.165, 1.54) is 16.7 Å². The summed E-state index contributed by atoms with van der Waals surface area (Å²) in [6, 6.07) is 16.4. The number of nitrogens with zero attached hydrogens (tertiary/aromatic N) is 1. The van der Waals surface area contributed by atoms with E-state index in [4.69, 9.17) is 0 Å². The van der Waals surface area contributed by atoms with Gasteiger partial charge in [0.15, 0.2) is 6.04 Å². The number of hydrogen-bond acceptors (Lipinski definition) is 2. The molecule has 0 unspecified atom stereocenters. The van der Waals surface area contributed by atoms with Gasteiger partial charge in [0.1, 0.15) is 6.54 Å². The average Bonchev–Trinajstić information content (AvgIpc) is 2.79. The number of carbonyl (C=O) groups excluding carboxylic acids is 2. The second-order valence-electron chi connectivity index (χ2n) is 8.16. The molecular formula is C24H30N3O2+. The summed E-state index contributed by atoms with van der Waals surface area (Å²) < 4.78 is 0. The van der Waals surface area contributed by atoms with Crippen LogP contribution in [0.1, 0.15) is 36.5 Å². The summed E-state index contributed by atoms with van der Waals surface area (Å²) in [5.41, 5.74) is 4.73. The molecule has 2 aromatic carbocycles. The van der Waals surface area contributed by atoms with Crippen LogP contribution in [0.15, 0.2) is 48.5 Å². The predicted octanol–water partition coefficient (Wildman–Crippen LogP) is 2.11. The first kappa shape index (κ1) is 19.6. The fourth-order valence-corrected chi connectivity index (χ4v) is 4.40. The Morgan fingerprint density at radius 3 is 2.41 bits per heavy atom. The number of fused-ring (bicyclic) bond motifs is 1. The van der Waals surface area contributed by atoms with Crippen LogP contribution in [0.4, 0.5) is 5.69 Å². The maximum atomic E-state index is 13.0. The van der Waals surface area contributed by atoms with E-state index < -0.39 is 0 Å². The quantitative estimate of drug-likeness (QED) is 0.837. The summed E-state index contributed by atoms with van der Waals surface area (Å²) in [6.07, 6.45) is 3.25. The monoisotopic (exact) mass is 392 g/mol. The minimum atomic E-state index is -0.0349. The highest BCUT2D eigenvalue weighted by atomic mass is 16.2. The van der Waals surface area contributed by atoms with Crippen LogP contribution >= 0.6 is 0 Å². The van der Waals surface area contributed by atoms with Crippen LogP contribution in [0.5, 0.6) is 0 Å². The largest absolute Gasteiger partial charge is 0.337 e. The van der Waals surface area contributed by atoms with Crippen LogP contribution in [-0.2, 0) is 29.0 Å². The normalized spacial score (nSPS) is 19.5. The molecule has 2 aliphatic heterocycles. The average molecular weight is 393 g/mol. The van der Waals surface area contributed by atoms with Gasteiger partial charge in [0.2, 0.25) is 5.91 Å². The lowest BCUT2D eigenvalue weighted by atomic mass is 9.92. The Morgan fingerprint density at radius 1 is 1.03 bits per heavy atom. The smallest absolute Gasteiger partial charge is 0.281 e. The zero-order valence-electron chi connectivity index (χ0n) is 17.1. The SMILES string of the molecule is CCc1ccc(NC(=O)C2CCN(C(=O)[C@@H]3Cc4ccccc4C[NH2+]3)CC2)cc1. The van der Waals surface area contributed by atoms with Crippen LogP contribution in [0.2, 0.25) is 0 Å². The van der Waals surface area contributed by atoms with Crippen molar-refractivity contribution in [1.29, 1.82) is 0 Å². The zero-order chi connectivity index (χ0) is 20.2. The Hall–Kier alpha value is -2.66. The Balaban J connectivity index is 1.28. The van der Waals surface area contributed by atoms with E-state index in [0.29, 0.717) is 13.1 Å². The number of rotatable bonds is 4. The molecule has 1 fully saturated rings. The lowest BCUT2D eigenvalue weighted by Crippen LogP contribution is -2.93. The maximum absolute atomic E-state index is 13.0. The number of amides is 2. The lowest BCUT2D eigenvalue weighted by molar-refractivity contribution is -0.695. The summed E-state index contributed by atoms with van der Waals surface area (Å²) in [4.78, 5) is 27.6. The molecule has 1 saturated heterocycles. The van der Waals surface area contributed by atoms with Gasteiger partial charge in [0.05, 0.1) is 0 Å². The van der Waals surface area contributed by atoms with Gasteiger partial charge in [0.25, 0.3) is 5.91 Å². The van der Waals surface area contributed by atoms with Gasteiger partial charge in [-0.1, -0.05) is 43.3 Å². The van der Waals surface area contributed by atoms with Gasteiger partial charge in [-0.25, -0.2) is 0 Å². The van der Waals surface area contributed by atoms with Crippen molar-refractivity contribution in [2.75, 3.05) is 18.4 Å². The number of quaternary nitrogens is 1. The minimum absolute atomic E-state index is 0.0269. The molecule has 29 heavy (non-hydrogen) atoms. The van der Waals surface area contributed by atoms with Crippen LogP contribution in [-0.4, -0.2) is 35.8 Å². The third-order valence-electron chi connectivity index (χ3n) is 6.30. The van der Waals surface area contributed by atoms with Crippen molar-refractivity contribution in [3.8, 4) is 0 Å². The lowest BCUT2D eigenvalue weighted by Gasteiger charge is -2.34. The third kappa shape index (κ3) is 4.51. The highest BCUT2D eigenvalue weighted by Gasteiger charge is 2.34. The number of anilines is 1. The van der Waals surface area contributed by atoms with E-state index >= 15 is 0 Å². The van der Waals surface area contributed by atoms with E-state index in [1.54, 1.807) is 0 Å². The van der Waals surface area contributed by atoms with Gasteiger partial charge < -0.3 is 15.5 Å². The Bertz CT molecular complexity index is 870. The predicted molar refractivity (Wildman–Crippen MR) is 113 cm³/mol. The fraction of sp³-hybridized carbons (Fsp3) is 0.417. The molecule has 2 amide bonds. The molecule has 2 heterocycles. The third-order valence-corrected chi connectivity index (χ3v) is 6.30. The van der Waals surface area contributed by atoms with Crippen molar-refractivity contribution in [2.24, 2.45) is 5.92 Å². The number of piperidine rings is 1. The Labute approximate surface area is 172 Å². The van der Waals surface area contributed by atoms with Gasteiger partial charge >= 0.3 is 0 Å². The van der Waals surface area contributed by atoms with Crippen molar-refractivity contribution in [1.82, 2.24) is 4.90 Å². The second-order valence-corrected chi connectivity index (χ2v) is 8.16. The summed E-state index contributed by atoms with van der Waals surface area (Å²) in [7, 11) is 0. The molecule has 5 nitrogen and oxygen atoms in total. The second kappa shape index (κ2) is 8.78. The first-order valence-electron chi connectivity index (χ1n) is 10.7. The topological polar surface area (TPSA) is 66.0 Å². The van der Waals surface area contributed by atoms with Crippen LogP contribution in [0.25, 0.3) is 0 Å². The molecule has 0 aromatic heterocycles. The van der Waals surface area contributed by atoms with Crippen LogP contribution in [0, 0.1) is 5.92 Å². The summed E-state index contributed by atoms with van der Waals surface area (Å²) in [5.74, 6) is 0.258. The van der Waals surface area contributed by atoms with Crippen LogP contribution < -0.4 is 10.6 Å². The van der Waals surface area contributed by atoms with Gasteiger partial charge in [-0.15, -0.1) is 0 Å². The number of benzene rings is 2. The van der Waals surface area contributed by atoms with E-state index in [0.717, 1.165) is 37.9 Å². The van der Waals surface area contributed by atoms with Gasteiger partial charge in [-0.05, 0) is 42.5 Å². The van der Waals surface area contributed by atoms with E-state index in [9.17, 15) is 9.59 Å². The number of nitrogens with one attached hydrogen (secondary N) is 1. The Kier molecular flexibility index (Phi) is 5.95. The molecule has 0 radical (unpaired) electrons. The highest BCUT2D eigenvalue weighted by Crippen LogP contribution is 2.21. The number of hydrogen-bond donors (Lipinski definition) is 2. The van der Waals surface area contributed by atoms with E-state index in [1.807, 2.05) is 23.1 Å². The van der Waals surface area contributed by atoms with Crippen LogP contribution in [0.3, 0.4) is 0 Å². The molecule has 0 saturated carbocycles. The molecule has 0 spiro atoms. The molecule has 2 aliphatic rings. The fourth-order valence-electron chi connectivity index (χ4n) is 4.40. The number of nitrogens with two attached hydrogens (primary N) is 1. The van der Waals surface area contributed by atoms with Gasteiger partial charge in [0, 0.05) is 36.7 Å². The van der Waals surface area contributed by atoms with Crippen molar-refractivity contribution in [2.45, 2.75) is 45.2 Å². The minimum Gasteiger partial charge on any atom is -0.337 e. The first-order chi connectivity index (χ1) is 14.1. The number of likely N-dealkylation sites (tertiary alicyclic amines) is 1. The molecule has 5 heteroatoms. The molecule has 0 aliphatic carbocycles. The molecular weight excluding hydrogens is 362 g/mol. The molecule has 152 valence electrons. The van der Waals surface area contributed by atoms with Crippen molar-refractivity contribution in [3.05, 3.63) is 65.2 Å². The zero-order valence-corrected chi connectivity index (χ0v) is 17.1. The number of carbonyl (C=O) groups is 2. The summed E-state index contributed by atoms with van der Waals surface area (Å²) >= 11 is 0. The van der Waals surface area contributed by atoms with E-state index in [2.05, 4.69) is 47.9 Å². The van der Waals surface area contributed by atoms with Gasteiger partial charge in [-0.3, -0.25) is 9.59 Å². The van der Waals surface area contributed by atoms with Gasteiger partial charge in [-0.2, -0.15) is 0 Å². The maximum Gasteiger partial charge on any atom is 0.281 e. The molecule has 0 bridgehead atoms. The first-order valence-corrected chi connectivity index (χ1v) is 10.7. The Morgan fingerprint density at radius 2 is 1.72 bits per heavy atom. The highest BCUT2D eigenvalue weighted by molar-refractivity contribution is 5.92. The molecule has 3 N–H and O–H groups in total. The van der Waals surface area contributed by atoms with Crippen molar-refractivity contribution >= 4 is 17.5 Å². The molecule has 2 aromatic rings.